The van der Waals surface area contributed by atoms with Gasteiger partial charge < -0.3 is 4.74 Å². The summed E-state index contributed by atoms with van der Waals surface area (Å²) in [5.41, 5.74) is 0. The fourth-order valence-corrected chi connectivity index (χ4v) is 2.65. The smallest absolute Gasteiger partial charge is 0.217 e. The molecule has 0 atom stereocenters. The van der Waals surface area contributed by atoms with Gasteiger partial charge in [-0.2, -0.15) is 4.98 Å². The third-order valence-corrected chi connectivity index (χ3v) is 3.71. The number of aromatic nitrogens is 2. The molecule has 96 valence electrons. The lowest BCUT2D eigenvalue weighted by molar-refractivity contribution is 0.308. The first kappa shape index (κ1) is 13.5. The monoisotopic (exact) mass is 326 g/mol. The highest BCUT2D eigenvalue weighted by atomic mass is 79.9. The molecule has 0 aromatic carbocycles. The number of halogens is 1. The highest BCUT2D eigenvalue weighted by Crippen LogP contribution is 2.16. The van der Waals surface area contributed by atoms with Gasteiger partial charge in [0.15, 0.2) is 0 Å². The zero-order chi connectivity index (χ0) is 12.8. The van der Waals surface area contributed by atoms with Crippen LogP contribution in [0.5, 0.6) is 5.88 Å². The molecule has 5 heteroatoms. The number of ether oxygens (including phenoxy) is 1. The van der Waals surface area contributed by atoms with Crippen LogP contribution >= 0.6 is 27.3 Å². The number of aryl methyl sites for hydroxylation is 1. The quantitative estimate of drug-likeness (QED) is 0.756. The van der Waals surface area contributed by atoms with Crippen molar-refractivity contribution in [2.75, 3.05) is 6.61 Å². The number of nitrogens with zero attached hydrogens (tertiary/aromatic N) is 2. The molecule has 0 aliphatic heterocycles. The highest BCUT2D eigenvalue weighted by molar-refractivity contribution is 9.10. The first-order valence-corrected chi connectivity index (χ1v) is 7.64. The molecule has 0 radical (unpaired) electrons. The van der Waals surface area contributed by atoms with Crippen LogP contribution in [0.25, 0.3) is 0 Å². The Balaban J connectivity index is 1.92. The molecule has 0 saturated heterocycles. The van der Waals surface area contributed by atoms with Crippen molar-refractivity contribution in [2.24, 2.45) is 0 Å². The fraction of sp³-hybridized carbons (Fsp3) is 0.385. The van der Waals surface area contributed by atoms with E-state index in [-0.39, 0.29) is 0 Å². The molecule has 0 unspecified atom stereocenters. The predicted octanol–water partition coefficient (Wildman–Crippen LogP) is 3.87. The van der Waals surface area contributed by atoms with Crippen molar-refractivity contribution in [1.82, 2.24) is 9.97 Å². The topological polar surface area (TPSA) is 35.0 Å². The molecule has 0 N–H and O–H groups in total. The van der Waals surface area contributed by atoms with Gasteiger partial charge in [-0.15, -0.1) is 11.3 Å². The Morgan fingerprint density at radius 1 is 1.33 bits per heavy atom. The second-order valence-corrected chi connectivity index (χ2v) is 5.72. The maximum absolute atomic E-state index is 5.67. The summed E-state index contributed by atoms with van der Waals surface area (Å²) in [6.07, 6.45) is 2.83. The summed E-state index contributed by atoms with van der Waals surface area (Å²) in [5, 5.41) is 2.08. The van der Waals surface area contributed by atoms with Crippen LogP contribution in [0.15, 0.2) is 28.2 Å². The summed E-state index contributed by atoms with van der Waals surface area (Å²) in [5.74, 6) is 1.48. The molecule has 2 heterocycles. The van der Waals surface area contributed by atoms with Crippen LogP contribution in [0, 0.1) is 0 Å². The Labute approximate surface area is 119 Å². The number of hydrogen-bond donors (Lipinski definition) is 0. The van der Waals surface area contributed by atoms with E-state index in [4.69, 9.17) is 4.74 Å². The van der Waals surface area contributed by atoms with Crippen molar-refractivity contribution in [3.63, 3.8) is 0 Å². The third-order valence-electron chi connectivity index (χ3n) is 2.37. The Morgan fingerprint density at radius 3 is 2.94 bits per heavy atom. The Bertz CT molecular complexity index is 488. The second kappa shape index (κ2) is 6.85. The summed E-state index contributed by atoms with van der Waals surface area (Å²) in [6, 6.07) is 5.99. The Morgan fingerprint density at radius 2 is 2.22 bits per heavy atom. The minimum absolute atomic E-state index is 0.648. The molecule has 2 aromatic rings. The molecule has 2 aromatic heterocycles. The average Bonchev–Trinajstić information content (AvgIpc) is 2.82. The molecule has 0 spiro atoms. The van der Waals surface area contributed by atoms with E-state index in [2.05, 4.69) is 50.3 Å². The van der Waals surface area contributed by atoms with Gasteiger partial charge in [-0.25, -0.2) is 4.98 Å². The van der Waals surface area contributed by atoms with E-state index in [0.29, 0.717) is 12.5 Å². The number of rotatable bonds is 6. The van der Waals surface area contributed by atoms with E-state index < -0.39 is 0 Å². The van der Waals surface area contributed by atoms with Crippen molar-refractivity contribution in [3.05, 3.63) is 38.9 Å². The summed E-state index contributed by atoms with van der Waals surface area (Å²) < 4.78 is 6.46. The van der Waals surface area contributed by atoms with Gasteiger partial charge in [-0.05, 0) is 33.8 Å². The molecule has 2 rings (SSSR count). The minimum Gasteiger partial charge on any atom is -0.477 e. The fourth-order valence-electron chi connectivity index (χ4n) is 1.56. The molecule has 0 amide bonds. The maximum atomic E-state index is 5.67. The van der Waals surface area contributed by atoms with Crippen LogP contribution in [0.1, 0.15) is 24.0 Å². The number of hydrogen-bond acceptors (Lipinski definition) is 4. The van der Waals surface area contributed by atoms with Gasteiger partial charge in [-0.1, -0.05) is 13.0 Å². The minimum atomic E-state index is 0.648. The van der Waals surface area contributed by atoms with E-state index in [9.17, 15) is 0 Å². The molecule has 18 heavy (non-hydrogen) atoms. The van der Waals surface area contributed by atoms with Crippen molar-refractivity contribution in [1.29, 1.82) is 0 Å². The van der Waals surface area contributed by atoms with Gasteiger partial charge >= 0.3 is 0 Å². The maximum Gasteiger partial charge on any atom is 0.217 e. The van der Waals surface area contributed by atoms with Crippen LogP contribution in [-0.2, 0) is 12.8 Å². The van der Waals surface area contributed by atoms with Crippen LogP contribution in [0.4, 0.5) is 0 Å². The first-order valence-electron chi connectivity index (χ1n) is 5.96. The highest BCUT2D eigenvalue weighted by Gasteiger charge is 2.04. The molecule has 0 bridgehead atoms. The van der Waals surface area contributed by atoms with E-state index in [0.717, 1.165) is 29.7 Å². The van der Waals surface area contributed by atoms with Gasteiger partial charge in [-0.3, -0.25) is 0 Å². The van der Waals surface area contributed by atoms with E-state index >= 15 is 0 Å². The zero-order valence-electron chi connectivity index (χ0n) is 10.2. The molecule has 0 saturated carbocycles. The molecular formula is C13H15BrN2OS. The van der Waals surface area contributed by atoms with Gasteiger partial charge in [0, 0.05) is 23.8 Å². The van der Waals surface area contributed by atoms with Gasteiger partial charge in [0.1, 0.15) is 10.4 Å². The van der Waals surface area contributed by atoms with E-state index in [1.807, 2.05) is 6.07 Å². The van der Waals surface area contributed by atoms with Crippen LogP contribution < -0.4 is 4.74 Å². The lowest BCUT2D eigenvalue weighted by atomic mass is 10.3. The molecule has 0 aliphatic carbocycles. The average molecular weight is 327 g/mol. The molecule has 3 nitrogen and oxygen atoms in total. The second-order valence-electron chi connectivity index (χ2n) is 3.87. The largest absolute Gasteiger partial charge is 0.477 e. The third kappa shape index (κ3) is 4.07. The van der Waals surface area contributed by atoms with Crippen molar-refractivity contribution < 1.29 is 4.74 Å². The standard InChI is InChI=1S/C13H15BrN2OS/c1-2-4-12-15-11(14)9-13(16-12)17-7-6-10-5-3-8-18-10/h3,5,8-9H,2,4,6-7H2,1H3. The van der Waals surface area contributed by atoms with Crippen molar-refractivity contribution >= 4 is 27.3 Å². The van der Waals surface area contributed by atoms with Crippen LogP contribution in [0.2, 0.25) is 0 Å². The normalized spacial score (nSPS) is 10.6. The van der Waals surface area contributed by atoms with Crippen molar-refractivity contribution in [3.8, 4) is 5.88 Å². The lowest BCUT2D eigenvalue weighted by Crippen LogP contribution is -2.04. The summed E-state index contributed by atoms with van der Waals surface area (Å²) >= 11 is 5.14. The van der Waals surface area contributed by atoms with Gasteiger partial charge in [0.2, 0.25) is 5.88 Å². The Hall–Kier alpha value is -0.940. The first-order chi connectivity index (χ1) is 8.78. The van der Waals surface area contributed by atoms with Crippen molar-refractivity contribution in [2.45, 2.75) is 26.2 Å². The van der Waals surface area contributed by atoms with Gasteiger partial charge in [0.25, 0.3) is 0 Å². The summed E-state index contributed by atoms with van der Waals surface area (Å²) in [4.78, 5) is 10.0. The van der Waals surface area contributed by atoms with E-state index in [1.54, 1.807) is 11.3 Å². The molecule has 0 aliphatic rings. The summed E-state index contributed by atoms with van der Waals surface area (Å²) in [7, 11) is 0. The SMILES string of the molecule is CCCc1nc(Br)cc(OCCc2cccs2)n1. The number of thiophene rings is 1. The predicted molar refractivity (Wildman–Crippen MR) is 77.2 cm³/mol. The molecule has 0 fully saturated rings. The van der Waals surface area contributed by atoms with E-state index in [1.165, 1.54) is 4.88 Å². The van der Waals surface area contributed by atoms with Gasteiger partial charge in [0.05, 0.1) is 6.61 Å². The summed E-state index contributed by atoms with van der Waals surface area (Å²) in [6.45, 7) is 2.76. The van der Waals surface area contributed by atoms with Crippen LogP contribution in [0.3, 0.4) is 0 Å². The molecular weight excluding hydrogens is 312 g/mol. The Kier molecular flexibility index (Phi) is 5.13. The zero-order valence-corrected chi connectivity index (χ0v) is 12.6. The lowest BCUT2D eigenvalue weighted by Gasteiger charge is -2.06. The van der Waals surface area contributed by atoms with Crippen LogP contribution in [-0.4, -0.2) is 16.6 Å².